The highest BCUT2D eigenvalue weighted by atomic mass is 32.2. The number of amides is 1. The van der Waals surface area contributed by atoms with E-state index in [0.717, 1.165) is 22.0 Å². The molecule has 0 aliphatic heterocycles. The lowest BCUT2D eigenvalue weighted by molar-refractivity contribution is -0.119. The van der Waals surface area contributed by atoms with E-state index in [-0.39, 0.29) is 11.9 Å². The molecule has 4 nitrogen and oxygen atoms in total. The normalized spacial score (nSPS) is 11.6. The number of hydrogen-bond donors (Lipinski definition) is 1. The molecule has 0 aliphatic rings. The molecule has 0 heterocycles. The van der Waals surface area contributed by atoms with Crippen LogP contribution in [-0.2, 0) is 4.79 Å². The molecule has 0 radical (unpaired) electrons. The molecule has 1 atom stereocenters. The maximum Gasteiger partial charge on any atom is 0.230 e. The molecule has 0 spiro atoms. The van der Waals surface area contributed by atoms with E-state index in [1.165, 1.54) is 11.8 Å². The van der Waals surface area contributed by atoms with Gasteiger partial charge in [-0.05, 0) is 37.3 Å². The second-order valence-corrected chi connectivity index (χ2v) is 6.05. The van der Waals surface area contributed by atoms with Crippen LogP contribution in [0.4, 0.5) is 0 Å². The monoisotopic (exact) mass is 331 g/mol. The zero-order valence-corrected chi connectivity index (χ0v) is 14.4. The summed E-state index contributed by atoms with van der Waals surface area (Å²) < 4.78 is 10.6. The van der Waals surface area contributed by atoms with Crippen LogP contribution in [0.5, 0.6) is 11.5 Å². The van der Waals surface area contributed by atoms with Gasteiger partial charge in [0.05, 0.1) is 26.0 Å². The summed E-state index contributed by atoms with van der Waals surface area (Å²) in [7, 11) is 3.23. The molecule has 2 aromatic carbocycles. The summed E-state index contributed by atoms with van der Waals surface area (Å²) >= 11 is 1.52. The zero-order valence-electron chi connectivity index (χ0n) is 13.5. The minimum absolute atomic E-state index is 0.0174. The molecule has 1 amide bonds. The molecule has 0 fully saturated rings. The van der Waals surface area contributed by atoms with Gasteiger partial charge in [-0.2, -0.15) is 0 Å². The van der Waals surface area contributed by atoms with Crippen LogP contribution in [0, 0.1) is 0 Å². The summed E-state index contributed by atoms with van der Waals surface area (Å²) in [5.41, 5.74) is 0.893. The van der Waals surface area contributed by atoms with E-state index in [4.69, 9.17) is 9.47 Å². The maximum absolute atomic E-state index is 12.2. The van der Waals surface area contributed by atoms with E-state index in [9.17, 15) is 4.79 Å². The topological polar surface area (TPSA) is 47.6 Å². The van der Waals surface area contributed by atoms with Gasteiger partial charge in [-0.25, -0.2) is 0 Å². The molecule has 5 heteroatoms. The Morgan fingerprint density at radius 1 is 1.13 bits per heavy atom. The molecular weight excluding hydrogens is 310 g/mol. The van der Waals surface area contributed by atoms with Crippen molar-refractivity contribution < 1.29 is 14.3 Å². The van der Waals surface area contributed by atoms with Crippen LogP contribution >= 0.6 is 11.8 Å². The number of carbonyl (C=O) groups excluding carboxylic acids is 1. The van der Waals surface area contributed by atoms with Crippen molar-refractivity contribution in [2.75, 3.05) is 20.0 Å². The first-order valence-electron chi connectivity index (χ1n) is 7.33. The fraction of sp³-hybridized carbons (Fsp3) is 0.278. The van der Waals surface area contributed by atoms with Crippen LogP contribution in [0.1, 0.15) is 18.5 Å². The number of benzene rings is 2. The first-order valence-corrected chi connectivity index (χ1v) is 8.31. The van der Waals surface area contributed by atoms with Gasteiger partial charge < -0.3 is 14.8 Å². The van der Waals surface area contributed by atoms with E-state index in [1.807, 2.05) is 55.5 Å². The lowest BCUT2D eigenvalue weighted by atomic mass is 10.1. The molecule has 23 heavy (non-hydrogen) atoms. The molecule has 0 saturated carbocycles. The molecule has 122 valence electrons. The van der Waals surface area contributed by atoms with Crippen molar-refractivity contribution in [1.82, 2.24) is 5.32 Å². The van der Waals surface area contributed by atoms with E-state index in [1.54, 1.807) is 14.2 Å². The number of ether oxygens (including phenoxy) is 2. The highest BCUT2D eigenvalue weighted by molar-refractivity contribution is 8.00. The fourth-order valence-electron chi connectivity index (χ4n) is 2.20. The predicted molar refractivity (Wildman–Crippen MR) is 93.3 cm³/mol. The Morgan fingerprint density at radius 3 is 2.52 bits per heavy atom. The van der Waals surface area contributed by atoms with Gasteiger partial charge in [0, 0.05) is 10.5 Å². The average molecular weight is 331 g/mol. The number of thioether (sulfide) groups is 1. The molecule has 2 rings (SSSR count). The van der Waals surface area contributed by atoms with Crippen molar-refractivity contribution in [2.24, 2.45) is 0 Å². The Kier molecular flexibility index (Phi) is 6.35. The van der Waals surface area contributed by atoms with Gasteiger partial charge in [0.25, 0.3) is 0 Å². The van der Waals surface area contributed by atoms with Crippen LogP contribution in [-0.4, -0.2) is 25.9 Å². The number of rotatable bonds is 7. The Bertz CT molecular complexity index is 646. The van der Waals surface area contributed by atoms with E-state index < -0.39 is 0 Å². The summed E-state index contributed by atoms with van der Waals surface area (Å²) in [5, 5.41) is 3.00. The first-order chi connectivity index (χ1) is 11.1. The van der Waals surface area contributed by atoms with E-state index in [0.29, 0.717) is 5.75 Å². The number of nitrogens with one attached hydrogen (secondary N) is 1. The molecular formula is C18H21NO3S. The second kappa shape index (κ2) is 8.48. The lowest BCUT2D eigenvalue weighted by Crippen LogP contribution is -2.28. The van der Waals surface area contributed by atoms with Crippen LogP contribution < -0.4 is 14.8 Å². The third-order valence-electron chi connectivity index (χ3n) is 3.39. The Morgan fingerprint density at radius 2 is 1.87 bits per heavy atom. The smallest absolute Gasteiger partial charge is 0.230 e. The van der Waals surface area contributed by atoms with Gasteiger partial charge >= 0.3 is 0 Å². The van der Waals surface area contributed by atoms with Crippen molar-refractivity contribution in [3.05, 3.63) is 54.1 Å². The van der Waals surface area contributed by atoms with Gasteiger partial charge in [0.15, 0.2) is 0 Å². The average Bonchev–Trinajstić information content (AvgIpc) is 2.60. The fourth-order valence-corrected chi connectivity index (χ4v) is 2.93. The summed E-state index contributed by atoms with van der Waals surface area (Å²) in [6.45, 7) is 1.93. The second-order valence-electron chi connectivity index (χ2n) is 5.00. The van der Waals surface area contributed by atoms with E-state index in [2.05, 4.69) is 5.32 Å². The summed E-state index contributed by atoms with van der Waals surface area (Å²) in [6, 6.07) is 15.3. The summed E-state index contributed by atoms with van der Waals surface area (Å²) in [5.74, 6) is 1.83. The van der Waals surface area contributed by atoms with Crippen molar-refractivity contribution in [2.45, 2.75) is 17.9 Å². The highest BCUT2D eigenvalue weighted by Gasteiger charge is 2.15. The van der Waals surface area contributed by atoms with Crippen LogP contribution in [0.2, 0.25) is 0 Å². The summed E-state index contributed by atoms with van der Waals surface area (Å²) in [4.78, 5) is 13.2. The minimum atomic E-state index is -0.163. The van der Waals surface area contributed by atoms with Crippen LogP contribution in [0.3, 0.4) is 0 Å². The maximum atomic E-state index is 12.2. The number of hydrogen-bond acceptors (Lipinski definition) is 4. The third kappa shape index (κ3) is 4.93. The SMILES string of the molecule is COc1ccc(OC)c([C@@H](C)NC(=O)CSc2ccccc2)c1. The van der Waals surface area contributed by atoms with Gasteiger partial charge in [0.2, 0.25) is 5.91 Å². The predicted octanol–water partition coefficient (Wildman–Crippen LogP) is 3.67. The molecule has 0 aromatic heterocycles. The zero-order chi connectivity index (χ0) is 16.7. The minimum Gasteiger partial charge on any atom is -0.497 e. The molecule has 0 unspecified atom stereocenters. The number of carbonyl (C=O) groups is 1. The van der Waals surface area contributed by atoms with Crippen LogP contribution in [0.15, 0.2) is 53.4 Å². The van der Waals surface area contributed by atoms with Gasteiger partial charge in [-0.1, -0.05) is 18.2 Å². The van der Waals surface area contributed by atoms with E-state index >= 15 is 0 Å². The standard InChI is InChI=1S/C18H21NO3S/c1-13(16-11-14(21-2)9-10-17(16)22-3)19-18(20)12-23-15-7-5-4-6-8-15/h4-11,13H,12H2,1-3H3,(H,19,20)/t13-/m1/s1. The Hall–Kier alpha value is -2.14. The Balaban J connectivity index is 1.98. The quantitative estimate of drug-likeness (QED) is 0.786. The Labute approximate surface area is 141 Å². The lowest BCUT2D eigenvalue weighted by Gasteiger charge is -2.18. The third-order valence-corrected chi connectivity index (χ3v) is 4.41. The highest BCUT2D eigenvalue weighted by Crippen LogP contribution is 2.29. The van der Waals surface area contributed by atoms with Crippen molar-refractivity contribution >= 4 is 17.7 Å². The van der Waals surface area contributed by atoms with Crippen molar-refractivity contribution in [1.29, 1.82) is 0 Å². The van der Waals surface area contributed by atoms with Crippen molar-refractivity contribution in [3.8, 4) is 11.5 Å². The van der Waals surface area contributed by atoms with Gasteiger partial charge in [0.1, 0.15) is 11.5 Å². The molecule has 0 aliphatic carbocycles. The van der Waals surface area contributed by atoms with Gasteiger partial charge in [-0.3, -0.25) is 4.79 Å². The summed E-state index contributed by atoms with van der Waals surface area (Å²) in [6.07, 6.45) is 0. The van der Waals surface area contributed by atoms with Crippen LogP contribution in [0.25, 0.3) is 0 Å². The molecule has 2 aromatic rings. The van der Waals surface area contributed by atoms with Crippen molar-refractivity contribution in [3.63, 3.8) is 0 Å². The molecule has 0 bridgehead atoms. The van der Waals surface area contributed by atoms with Gasteiger partial charge in [-0.15, -0.1) is 11.8 Å². The first kappa shape index (κ1) is 17.2. The molecule has 0 saturated heterocycles. The largest absolute Gasteiger partial charge is 0.497 e. The molecule has 1 N–H and O–H groups in total. The number of methoxy groups -OCH3 is 2.